The molecule has 0 bridgehead atoms. The highest BCUT2D eigenvalue weighted by molar-refractivity contribution is 6.35. The molecular formula is C22H18Cl2N4O. The van der Waals surface area contributed by atoms with Crippen molar-refractivity contribution in [3.8, 4) is 0 Å². The first kappa shape index (κ1) is 19.4. The number of nitrogens with zero attached hydrogens (tertiary/aromatic N) is 3. The van der Waals surface area contributed by atoms with E-state index in [1.807, 2.05) is 42.5 Å². The Bertz CT molecular complexity index is 1160. The van der Waals surface area contributed by atoms with Crippen LogP contribution in [0.5, 0.6) is 0 Å². The maximum absolute atomic E-state index is 12.8. The number of hydrogen-bond donors (Lipinski definition) is 1. The standard InChI is InChI=1S/C22H18Cl2N4O/c23-17-8-7-16(19(24)12-17)14-28-20-6-2-1-5-18(20)21(27-28)22(29)26-11-9-15-4-3-10-25-13-15/h1-8,10,12-13H,9,11,14H2,(H,26,29). The Balaban J connectivity index is 1.56. The largest absolute Gasteiger partial charge is 0.350 e. The number of hydrogen-bond acceptors (Lipinski definition) is 3. The van der Waals surface area contributed by atoms with Crippen molar-refractivity contribution in [1.29, 1.82) is 0 Å². The molecule has 1 N–H and O–H groups in total. The second-order valence-corrected chi connectivity index (χ2v) is 7.47. The summed E-state index contributed by atoms with van der Waals surface area (Å²) in [4.78, 5) is 16.9. The first-order valence-electron chi connectivity index (χ1n) is 9.18. The first-order chi connectivity index (χ1) is 14.1. The predicted octanol–water partition coefficient (Wildman–Crippen LogP) is 4.76. The summed E-state index contributed by atoms with van der Waals surface area (Å²) in [5.41, 5.74) is 3.22. The molecule has 4 rings (SSSR count). The van der Waals surface area contributed by atoms with E-state index in [1.54, 1.807) is 29.2 Å². The zero-order valence-corrected chi connectivity index (χ0v) is 17.0. The van der Waals surface area contributed by atoms with E-state index < -0.39 is 0 Å². The fourth-order valence-electron chi connectivity index (χ4n) is 3.18. The van der Waals surface area contributed by atoms with E-state index >= 15 is 0 Å². The number of benzene rings is 2. The van der Waals surface area contributed by atoms with Crippen molar-refractivity contribution in [3.05, 3.63) is 93.9 Å². The molecule has 5 nitrogen and oxygen atoms in total. The SMILES string of the molecule is O=C(NCCc1cccnc1)c1nn(Cc2ccc(Cl)cc2Cl)c2ccccc12. The molecule has 7 heteroatoms. The molecular weight excluding hydrogens is 407 g/mol. The van der Waals surface area contributed by atoms with Gasteiger partial charge in [-0.05, 0) is 41.8 Å². The van der Waals surface area contributed by atoms with E-state index in [1.165, 1.54) is 0 Å². The van der Waals surface area contributed by atoms with Crippen LogP contribution < -0.4 is 5.32 Å². The van der Waals surface area contributed by atoms with Crippen LogP contribution >= 0.6 is 23.2 Å². The van der Waals surface area contributed by atoms with Gasteiger partial charge in [0.15, 0.2) is 5.69 Å². The Labute approximate surface area is 178 Å². The number of carbonyl (C=O) groups is 1. The van der Waals surface area contributed by atoms with E-state index in [4.69, 9.17) is 23.2 Å². The molecule has 0 aliphatic carbocycles. The zero-order valence-electron chi connectivity index (χ0n) is 15.5. The van der Waals surface area contributed by atoms with Gasteiger partial charge in [-0.3, -0.25) is 14.5 Å². The second kappa shape index (κ2) is 8.64. The summed E-state index contributed by atoms with van der Waals surface area (Å²) in [5.74, 6) is -0.203. The van der Waals surface area contributed by atoms with Crippen LogP contribution in [-0.4, -0.2) is 27.2 Å². The number of carbonyl (C=O) groups excluding carboxylic acids is 1. The molecule has 2 heterocycles. The van der Waals surface area contributed by atoms with Crippen molar-refractivity contribution in [2.24, 2.45) is 0 Å². The fraction of sp³-hybridized carbons (Fsp3) is 0.136. The molecule has 29 heavy (non-hydrogen) atoms. The molecule has 0 fully saturated rings. The minimum Gasteiger partial charge on any atom is -0.350 e. The molecule has 2 aromatic carbocycles. The number of para-hydroxylation sites is 1. The number of pyridine rings is 1. The Hall–Kier alpha value is -2.89. The molecule has 0 atom stereocenters. The van der Waals surface area contributed by atoms with Gasteiger partial charge in [-0.15, -0.1) is 0 Å². The van der Waals surface area contributed by atoms with Gasteiger partial charge in [-0.2, -0.15) is 5.10 Å². The van der Waals surface area contributed by atoms with Gasteiger partial charge in [0.2, 0.25) is 0 Å². The maximum Gasteiger partial charge on any atom is 0.272 e. The summed E-state index contributed by atoms with van der Waals surface area (Å²) in [6.45, 7) is 0.953. The number of rotatable bonds is 6. The van der Waals surface area contributed by atoms with E-state index in [0.717, 1.165) is 22.0 Å². The number of fused-ring (bicyclic) bond motifs is 1. The summed E-state index contributed by atoms with van der Waals surface area (Å²) in [6.07, 6.45) is 4.23. The predicted molar refractivity (Wildman–Crippen MR) is 116 cm³/mol. The molecule has 0 radical (unpaired) electrons. The Morgan fingerprint density at radius 1 is 1.07 bits per heavy atom. The topological polar surface area (TPSA) is 59.8 Å². The van der Waals surface area contributed by atoms with Gasteiger partial charge in [0.25, 0.3) is 5.91 Å². The van der Waals surface area contributed by atoms with Gasteiger partial charge < -0.3 is 5.32 Å². The number of aromatic nitrogens is 3. The summed E-state index contributed by atoms with van der Waals surface area (Å²) >= 11 is 12.3. The van der Waals surface area contributed by atoms with Gasteiger partial charge in [-0.25, -0.2) is 0 Å². The molecule has 146 valence electrons. The van der Waals surface area contributed by atoms with Crippen molar-refractivity contribution in [2.45, 2.75) is 13.0 Å². The molecule has 0 saturated carbocycles. The van der Waals surface area contributed by atoms with Crippen LogP contribution in [0.2, 0.25) is 10.0 Å². The number of halogens is 2. The van der Waals surface area contributed by atoms with E-state index in [-0.39, 0.29) is 5.91 Å². The van der Waals surface area contributed by atoms with Gasteiger partial charge in [0.05, 0.1) is 12.1 Å². The Kier molecular flexibility index (Phi) is 5.79. The third-order valence-corrected chi connectivity index (χ3v) is 5.22. The van der Waals surface area contributed by atoms with Crippen LogP contribution in [0.1, 0.15) is 21.6 Å². The average molecular weight is 425 g/mol. The minimum absolute atomic E-state index is 0.203. The van der Waals surface area contributed by atoms with Gasteiger partial charge in [-0.1, -0.05) is 53.5 Å². The molecule has 1 amide bonds. The first-order valence-corrected chi connectivity index (χ1v) is 9.94. The normalized spacial score (nSPS) is 11.0. The summed E-state index contributed by atoms with van der Waals surface area (Å²) < 4.78 is 1.79. The van der Waals surface area contributed by atoms with Crippen LogP contribution in [0.4, 0.5) is 0 Å². The molecule has 4 aromatic rings. The van der Waals surface area contributed by atoms with Gasteiger partial charge in [0.1, 0.15) is 0 Å². The lowest BCUT2D eigenvalue weighted by atomic mass is 10.2. The van der Waals surface area contributed by atoms with Crippen LogP contribution in [0.15, 0.2) is 67.0 Å². The highest BCUT2D eigenvalue weighted by Crippen LogP contribution is 2.24. The van der Waals surface area contributed by atoms with E-state index in [9.17, 15) is 4.79 Å². The Morgan fingerprint density at radius 2 is 1.93 bits per heavy atom. The van der Waals surface area contributed by atoms with Crippen LogP contribution in [0.3, 0.4) is 0 Å². The second-order valence-electron chi connectivity index (χ2n) is 6.63. The molecule has 0 unspecified atom stereocenters. The third-order valence-electron chi connectivity index (χ3n) is 4.63. The maximum atomic E-state index is 12.8. The van der Waals surface area contributed by atoms with Gasteiger partial charge in [0, 0.05) is 34.4 Å². The van der Waals surface area contributed by atoms with E-state index in [0.29, 0.717) is 35.2 Å². The molecule has 0 spiro atoms. The van der Waals surface area contributed by atoms with Crippen molar-refractivity contribution < 1.29 is 4.79 Å². The minimum atomic E-state index is -0.203. The summed E-state index contributed by atoms with van der Waals surface area (Å²) in [6, 6.07) is 16.9. The molecule has 0 saturated heterocycles. The smallest absolute Gasteiger partial charge is 0.272 e. The summed E-state index contributed by atoms with van der Waals surface area (Å²) in [7, 11) is 0. The van der Waals surface area contributed by atoms with Crippen LogP contribution in [-0.2, 0) is 13.0 Å². The highest BCUT2D eigenvalue weighted by Gasteiger charge is 2.17. The van der Waals surface area contributed by atoms with Crippen LogP contribution in [0, 0.1) is 0 Å². The lowest BCUT2D eigenvalue weighted by Gasteiger charge is -2.06. The molecule has 0 aliphatic heterocycles. The van der Waals surface area contributed by atoms with Crippen molar-refractivity contribution in [3.63, 3.8) is 0 Å². The van der Waals surface area contributed by atoms with Crippen LogP contribution in [0.25, 0.3) is 10.9 Å². The monoisotopic (exact) mass is 424 g/mol. The lowest BCUT2D eigenvalue weighted by molar-refractivity contribution is 0.0950. The Morgan fingerprint density at radius 3 is 2.72 bits per heavy atom. The highest BCUT2D eigenvalue weighted by atomic mass is 35.5. The zero-order chi connectivity index (χ0) is 20.2. The van der Waals surface area contributed by atoms with Gasteiger partial charge >= 0.3 is 0 Å². The third kappa shape index (κ3) is 4.42. The quantitative estimate of drug-likeness (QED) is 0.485. The molecule has 2 aromatic heterocycles. The number of amides is 1. The van der Waals surface area contributed by atoms with Crippen molar-refractivity contribution in [1.82, 2.24) is 20.1 Å². The summed E-state index contributed by atoms with van der Waals surface area (Å²) in [5, 5.41) is 9.48. The number of nitrogens with one attached hydrogen (secondary N) is 1. The fourth-order valence-corrected chi connectivity index (χ4v) is 3.65. The lowest BCUT2D eigenvalue weighted by Crippen LogP contribution is -2.26. The van der Waals surface area contributed by atoms with E-state index in [2.05, 4.69) is 15.4 Å². The average Bonchev–Trinajstić information content (AvgIpc) is 3.09. The molecule has 0 aliphatic rings. The van der Waals surface area contributed by atoms with Crippen molar-refractivity contribution >= 4 is 40.0 Å². The van der Waals surface area contributed by atoms with Crippen molar-refractivity contribution in [2.75, 3.05) is 6.54 Å².